The van der Waals surface area contributed by atoms with Crippen LogP contribution in [0, 0.1) is 11.7 Å². The minimum absolute atomic E-state index is 0.00283. The Balaban J connectivity index is 1.40. The van der Waals surface area contributed by atoms with Gasteiger partial charge in [-0.1, -0.05) is 0 Å². The molecule has 1 aliphatic heterocycles. The maximum absolute atomic E-state index is 14.2. The first-order valence-corrected chi connectivity index (χ1v) is 13.2. The van der Waals surface area contributed by atoms with E-state index in [1.165, 1.54) is 12.1 Å². The van der Waals surface area contributed by atoms with Crippen LogP contribution in [0.15, 0.2) is 23.1 Å². The molecule has 1 heterocycles. The molecule has 1 saturated heterocycles. The Morgan fingerprint density at radius 1 is 1.11 bits per heavy atom. The normalized spacial score (nSPS) is 23.1. The third kappa shape index (κ3) is 7.42. The number of hydrogen-bond acceptors (Lipinski definition) is 6. The van der Waals surface area contributed by atoms with Gasteiger partial charge < -0.3 is 14.4 Å². The summed E-state index contributed by atoms with van der Waals surface area (Å²) in [5.74, 6) is -0.523. The van der Waals surface area contributed by atoms with E-state index in [0.717, 1.165) is 42.9 Å². The van der Waals surface area contributed by atoms with Crippen LogP contribution in [-0.2, 0) is 14.6 Å². The molecule has 2 fully saturated rings. The maximum Gasteiger partial charge on any atom is 0.428 e. The second-order valence-corrected chi connectivity index (χ2v) is 11.0. The lowest BCUT2D eigenvalue weighted by Gasteiger charge is -2.41. The van der Waals surface area contributed by atoms with Crippen LogP contribution in [0.5, 0.6) is 5.75 Å². The largest absolute Gasteiger partial charge is 0.490 e. The highest BCUT2D eigenvalue weighted by atomic mass is 32.2. The predicted molar refractivity (Wildman–Crippen MR) is 116 cm³/mol. The zero-order valence-corrected chi connectivity index (χ0v) is 20.1. The molecule has 3 rings (SSSR count). The van der Waals surface area contributed by atoms with Crippen molar-refractivity contribution < 1.29 is 44.6 Å². The number of amides is 1. The Bertz CT molecular complexity index is 975. The molecule has 0 N–H and O–H groups in total. The summed E-state index contributed by atoms with van der Waals surface area (Å²) in [5.41, 5.74) is 0. The van der Waals surface area contributed by atoms with Gasteiger partial charge in [-0.05, 0) is 49.8 Å². The van der Waals surface area contributed by atoms with Gasteiger partial charge in [-0.2, -0.15) is 13.2 Å². The predicted octanol–water partition coefficient (Wildman–Crippen LogP) is 3.82. The number of rotatable bonds is 7. The Hall–Kier alpha value is -2.15. The van der Waals surface area contributed by atoms with Gasteiger partial charge in [0.2, 0.25) is 6.10 Å². The molecule has 1 aromatic carbocycles. The van der Waals surface area contributed by atoms with Crippen LogP contribution in [-0.4, -0.2) is 88.3 Å². The number of piperazine rings is 1. The fourth-order valence-corrected chi connectivity index (χ4v) is 5.00. The second-order valence-electron chi connectivity index (χ2n) is 8.94. The molecule has 1 saturated carbocycles. The van der Waals surface area contributed by atoms with Crippen molar-refractivity contribution >= 4 is 15.9 Å². The van der Waals surface area contributed by atoms with Gasteiger partial charge in [0, 0.05) is 38.5 Å². The van der Waals surface area contributed by atoms with Gasteiger partial charge in [0.1, 0.15) is 6.67 Å². The van der Waals surface area contributed by atoms with E-state index in [1.54, 1.807) is 0 Å². The molecule has 35 heavy (non-hydrogen) atoms. The van der Waals surface area contributed by atoms with Gasteiger partial charge in [0.05, 0.1) is 11.5 Å². The van der Waals surface area contributed by atoms with E-state index in [-0.39, 0.29) is 35.7 Å². The minimum Gasteiger partial charge on any atom is -0.490 e. The molecule has 0 aromatic heterocycles. The first-order valence-electron chi connectivity index (χ1n) is 11.3. The van der Waals surface area contributed by atoms with Gasteiger partial charge in [-0.15, -0.1) is 0 Å². The lowest BCUT2D eigenvalue weighted by molar-refractivity contribution is -0.209. The minimum atomic E-state index is -4.94. The molecular weight excluding hydrogens is 499 g/mol. The van der Waals surface area contributed by atoms with E-state index in [1.807, 2.05) is 0 Å². The Labute approximate surface area is 201 Å². The highest BCUT2D eigenvalue weighted by Gasteiger charge is 2.44. The van der Waals surface area contributed by atoms with Crippen LogP contribution in [0.1, 0.15) is 25.7 Å². The number of nitrogens with zero attached hydrogens (tertiary/aromatic N) is 2. The van der Waals surface area contributed by atoms with Crippen LogP contribution >= 0.6 is 0 Å². The Morgan fingerprint density at radius 3 is 2.26 bits per heavy atom. The van der Waals surface area contributed by atoms with Crippen molar-refractivity contribution in [2.45, 2.75) is 48.9 Å². The van der Waals surface area contributed by atoms with Crippen LogP contribution in [0.4, 0.5) is 26.7 Å². The van der Waals surface area contributed by atoms with Crippen LogP contribution in [0.25, 0.3) is 0 Å². The smallest absolute Gasteiger partial charge is 0.428 e. The van der Waals surface area contributed by atoms with Crippen molar-refractivity contribution in [3.05, 3.63) is 24.0 Å². The number of carbonyl (C=O) groups is 1. The standard InChI is InChI=1S/C22H29F5N2O5S/c1-35(31,32)17-6-7-19(18(24)12-17)33-14-15-2-4-16(5-3-15)28-8-10-29(11-9-28)21(30)34-20(13-23)22(25,26)27/h6-7,12,15-16,20H,2-5,8-11,13-14H2,1H3. The summed E-state index contributed by atoms with van der Waals surface area (Å²) in [6.07, 6.45) is -4.49. The highest BCUT2D eigenvalue weighted by molar-refractivity contribution is 7.90. The van der Waals surface area contributed by atoms with Crippen molar-refractivity contribution in [2.24, 2.45) is 5.92 Å². The molecule has 1 amide bonds. The molecule has 1 aromatic rings. The summed E-state index contributed by atoms with van der Waals surface area (Å²) in [6, 6.07) is 3.81. The van der Waals surface area contributed by atoms with Gasteiger partial charge in [-0.3, -0.25) is 4.90 Å². The lowest BCUT2D eigenvalue weighted by Crippen LogP contribution is -2.53. The average molecular weight is 529 g/mol. The van der Waals surface area contributed by atoms with E-state index >= 15 is 0 Å². The number of ether oxygens (including phenoxy) is 2. The fourth-order valence-electron chi connectivity index (χ4n) is 4.37. The van der Waals surface area contributed by atoms with Crippen LogP contribution < -0.4 is 4.74 Å². The van der Waals surface area contributed by atoms with Crippen molar-refractivity contribution in [3.8, 4) is 5.75 Å². The van der Waals surface area contributed by atoms with E-state index in [9.17, 15) is 35.2 Å². The Morgan fingerprint density at radius 2 is 1.74 bits per heavy atom. The van der Waals surface area contributed by atoms with Gasteiger partial charge >= 0.3 is 12.3 Å². The van der Waals surface area contributed by atoms with E-state index in [2.05, 4.69) is 9.64 Å². The van der Waals surface area contributed by atoms with Crippen molar-refractivity contribution in [3.63, 3.8) is 0 Å². The van der Waals surface area contributed by atoms with Gasteiger partial charge in [-0.25, -0.2) is 22.0 Å². The van der Waals surface area contributed by atoms with Crippen molar-refractivity contribution in [1.29, 1.82) is 0 Å². The molecule has 1 atom stereocenters. The van der Waals surface area contributed by atoms with Crippen molar-refractivity contribution in [1.82, 2.24) is 9.80 Å². The zero-order chi connectivity index (χ0) is 25.8. The molecule has 13 heteroatoms. The van der Waals surface area contributed by atoms with E-state index in [4.69, 9.17) is 4.74 Å². The molecule has 7 nitrogen and oxygen atoms in total. The quantitative estimate of drug-likeness (QED) is 0.501. The third-order valence-corrected chi connectivity index (χ3v) is 7.57. The summed E-state index contributed by atoms with van der Waals surface area (Å²) in [6.45, 7) is -0.170. The monoisotopic (exact) mass is 528 g/mol. The zero-order valence-electron chi connectivity index (χ0n) is 19.3. The fraction of sp³-hybridized carbons (Fsp3) is 0.682. The molecule has 1 aliphatic carbocycles. The number of carbonyl (C=O) groups excluding carboxylic acids is 1. The lowest BCUT2D eigenvalue weighted by atomic mass is 9.85. The van der Waals surface area contributed by atoms with Crippen LogP contribution in [0.2, 0.25) is 0 Å². The SMILES string of the molecule is CS(=O)(=O)c1ccc(OCC2CCC(N3CCN(C(=O)OC(CF)C(F)(F)F)CC3)CC2)c(F)c1. The number of alkyl halides is 4. The summed E-state index contributed by atoms with van der Waals surface area (Å²) < 4.78 is 97.5. The molecule has 0 bridgehead atoms. The van der Waals surface area contributed by atoms with Gasteiger partial charge in [0.15, 0.2) is 21.4 Å². The molecule has 0 radical (unpaired) electrons. The number of benzene rings is 1. The van der Waals surface area contributed by atoms with E-state index in [0.29, 0.717) is 19.7 Å². The third-order valence-electron chi connectivity index (χ3n) is 6.46. The number of halogens is 5. The van der Waals surface area contributed by atoms with Crippen molar-refractivity contribution in [2.75, 3.05) is 45.7 Å². The first-order chi connectivity index (χ1) is 16.4. The molecular formula is C22H29F5N2O5S. The topological polar surface area (TPSA) is 76.2 Å². The molecule has 0 spiro atoms. The molecule has 1 unspecified atom stereocenters. The molecule has 2 aliphatic rings. The van der Waals surface area contributed by atoms with E-state index < -0.39 is 40.7 Å². The number of sulfone groups is 1. The molecule has 198 valence electrons. The summed E-state index contributed by atoms with van der Waals surface area (Å²) in [5, 5.41) is 0. The summed E-state index contributed by atoms with van der Waals surface area (Å²) in [7, 11) is -3.50. The Kier molecular flexibility index (Phi) is 8.84. The van der Waals surface area contributed by atoms with Crippen LogP contribution in [0.3, 0.4) is 0 Å². The second kappa shape index (κ2) is 11.3. The highest BCUT2D eigenvalue weighted by Crippen LogP contribution is 2.30. The maximum atomic E-state index is 14.2. The summed E-state index contributed by atoms with van der Waals surface area (Å²) in [4.78, 5) is 15.2. The van der Waals surface area contributed by atoms with Gasteiger partial charge in [0.25, 0.3) is 0 Å². The average Bonchev–Trinajstić information content (AvgIpc) is 2.80. The summed E-state index contributed by atoms with van der Waals surface area (Å²) >= 11 is 0. The number of hydrogen-bond donors (Lipinski definition) is 0. The first kappa shape index (κ1) is 27.4.